The van der Waals surface area contributed by atoms with Crippen molar-refractivity contribution in [3.8, 4) is 0 Å². The van der Waals surface area contributed by atoms with Gasteiger partial charge in [0.1, 0.15) is 0 Å². The highest BCUT2D eigenvalue weighted by atomic mass is 35.5. The molecule has 1 aliphatic heterocycles. The smallest absolute Gasteiger partial charge is 0.307 e. The summed E-state index contributed by atoms with van der Waals surface area (Å²) in [6, 6.07) is 4.69. The van der Waals surface area contributed by atoms with E-state index in [0.29, 0.717) is 50.4 Å². The molecule has 0 saturated carbocycles. The van der Waals surface area contributed by atoms with Crippen molar-refractivity contribution in [1.29, 1.82) is 0 Å². The van der Waals surface area contributed by atoms with Crippen LogP contribution in [0.1, 0.15) is 23.2 Å². The van der Waals surface area contributed by atoms with E-state index in [1.807, 2.05) is 6.08 Å². The SMILES string of the molecule is O=C(Nc1ccc(C(=O)N2CCOCC2)c(Cl)c1)[C@H]1CC=CC[C@H]1C(=O)O. The van der Waals surface area contributed by atoms with E-state index in [4.69, 9.17) is 16.3 Å². The zero-order chi connectivity index (χ0) is 19.4. The topological polar surface area (TPSA) is 95.9 Å². The Hall–Kier alpha value is -2.38. The number of nitrogens with zero attached hydrogens (tertiary/aromatic N) is 1. The molecule has 1 saturated heterocycles. The summed E-state index contributed by atoms with van der Waals surface area (Å²) in [6.07, 6.45) is 4.32. The van der Waals surface area contributed by atoms with Gasteiger partial charge in [-0.3, -0.25) is 14.4 Å². The largest absolute Gasteiger partial charge is 0.481 e. The molecular weight excluding hydrogens is 372 g/mol. The summed E-state index contributed by atoms with van der Waals surface area (Å²) in [6.45, 7) is 2.02. The van der Waals surface area contributed by atoms with Crippen molar-refractivity contribution < 1.29 is 24.2 Å². The molecule has 0 spiro atoms. The van der Waals surface area contributed by atoms with Gasteiger partial charge in [0.25, 0.3) is 5.91 Å². The molecule has 2 aliphatic rings. The van der Waals surface area contributed by atoms with Gasteiger partial charge in [0.2, 0.25) is 5.91 Å². The van der Waals surface area contributed by atoms with Crippen molar-refractivity contribution in [2.24, 2.45) is 11.8 Å². The van der Waals surface area contributed by atoms with Crippen LogP contribution in [-0.2, 0) is 14.3 Å². The second-order valence-electron chi connectivity index (χ2n) is 6.58. The maximum atomic E-state index is 12.5. The summed E-state index contributed by atoms with van der Waals surface area (Å²) in [7, 11) is 0. The Morgan fingerprint density at radius 3 is 2.41 bits per heavy atom. The second kappa shape index (κ2) is 8.54. The lowest BCUT2D eigenvalue weighted by molar-refractivity contribution is -0.146. The van der Waals surface area contributed by atoms with Crippen LogP contribution in [0.5, 0.6) is 0 Å². The molecule has 0 bridgehead atoms. The lowest BCUT2D eigenvalue weighted by Crippen LogP contribution is -2.40. The summed E-state index contributed by atoms with van der Waals surface area (Å²) < 4.78 is 5.24. The number of amides is 2. The van der Waals surface area contributed by atoms with Crippen LogP contribution < -0.4 is 5.32 Å². The molecule has 2 atom stereocenters. The molecule has 0 aromatic heterocycles. The Morgan fingerprint density at radius 1 is 1.11 bits per heavy atom. The highest BCUT2D eigenvalue weighted by Gasteiger charge is 2.34. The number of halogens is 1. The van der Waals surface area contributed by atoms with Crippen LogP contribution in [0.4, 0.5) is 5.69 Å². The standard InChI is InChI=1S/C19H21ClN2O5/c20-16-11-12(5-6-15(16)18(24)22-7-9-27-10-8-22)21-17(23)13-3-1-2-4-14(13)19(25)26/h1-2,5-6,11,13-14H,3-4,7-10H2,(H,21,23)(H,25,26)/t13-,14+/m0/s1. The van der Waals surface area contributed by atoms with Gasteiger partial charge < -0.3 is 20.1 Å². The summed E-state index contributed by atoms with van der Waals surface area (Å²) >= 11 is 6.26. The molecule has 144 valence electrons. The molecule has 0 unspecified atom stereocenters. The number of allylic oxidation sites excluding steroid dienone is 2. The predicted octanol–water partition coefficient (Wildman–Crippen LogP) is 2.42. The van der Waals surface area contributed by atoms with Gasteiger partial charge in [0, 0.05) is 18.8 Å². The van der Waals surface area contributed by atoms with Gasteiger partial charge in [-0.1, -0.05) is 23.8 Å². The number of carbonyl (C=O) groups excluding carboxylic acids is 2. The van der Waals surface area contributed by atoms with Crippen molar-refractivity contribution >= 4 is 35.1 Å². The Morgan fingerprint density at radius 2 is 1.78 bits per heavy atom. The Labute approximate surface area is 161 Å². The monoisotopic (exact) mass is 392 g/mol. The zero-order valence-electron chi connectivity index (χ0n) is 14.7. The Kier molecular flexibility index (Phi) is 6.13. The lowest BCUT2D eigenvalue weighted by atomic mass is 9.82. The van der Waals surface area contributed by atoms with E-state index in [2.05, 4.69) is 5.32 Å². The molecular formula is C19H21ClN2O5. The third-order valence-electron chi connectivity index (χ3n) is 4.85. The minimum Gasteiger partial charge on any atom is -0.481 e. The highest BCUT2D eigenvalue weighted by molar-refractivity contribution is 6.34. The van der Waals surface area contributed by atoms with Crippen LogP contribution in [0.15, 0.2) is 30.4 Å². The van der Waals surface area contributed by atoms with E-state index in [1.54, 1.807) is 23.1 Å². The minimum atomic E-state index is -0.982. The molecule has 7 nitrogen and oxygen atoms in total. The van der Waals surface area contributed by atoms with Crippen LogP contribution in [-0.4, -0.2) is 54.1 Å². The van der Waals surface area contributed by atoms with Gasteiger partial charge in [-0.25, -0.2) is 0 Å². The van der Waals surface area contributed by atoms with Crippen molar-refractivity contribution in [1.82, 2.24) is 4.90 Å². The molecule has 1 fully saturated rings. The van der Waals surface area contributed by atoms with E-state index in [9.17, 15) is 19.5 Å². The first-order valence-electron chi connectivity index (χ1n) is 8.82. The summed E-state index contributed by atoms with van der Waals surface area (Å²) in [5.41, 5.74) is 0.794. The number of nitrogens with one attached hydrogen (secondary N) is 1. The van der Waals surface area contributed by atoms with Gasteiger partial charge in [-0.05, 0) is 31.0 Å². The number of carboxylic acids is 1. The number of rotatable bonds is 4. The molecule has 2 N–H and O–H groups in total. The van der Waals surface area contributed by atoms with Crippen LogP contribution in [0, 0.1) is 11.8 Å². The fourth-order valence-corrected chi connectivity index (χ4v) is 3.58. The quantitative estimate of drug-likeness (QED) is 0.767. The van der Waals surface area contributed by atoms with Crippen molar-refractivity contribution in [3.05, 3.63) is 40.9 Å². The molecule has 27 heavy (non-hydrogen) atoms. The first-order chi connectivity index (χ1) is 13.0. The fourth-order valence-electron chi connectivity index (χ4n) is 3.31. The van der Waals surface area contributed by atoms with Crippen LogP contribution in [0.2, 0.25) is 5.02 Å². The number of carboxylic acid groups (broad SMARTS) is 1. The number of anilines is 1. The molecule has 3 rings (SSSR count). The average Bonchev–Trinajstić information content (AvgIpc) is 2.68. The van der Waals surface area contributed by atoms with Gasteiger partial charge in [0.15, 0.2) is 0 Å². The third-order valence-corrected chi connectivity index (χ3v) is 5.16. The first-order valence-corrected chi connectivity index (χ1v) is 9.20. The van der Waals surface area contributed by atoms with E-state index in [-0.39, 0.29) is 16.8 Å². The van der Waals surface area contributed by atoms with Crippen LogP contribution in [0.3, 0.4) is 0 Å². The predicted molar refractivity (Wildman–Crippen MR) is 99.8 cm³/mol. The average molecular weight is 393 g/mol. The van der Waals surface area contributed by atoms with Gasteiger partial charge >= 0.3 is 5.97 Å². The highest BCUT2D eigenvalue weighted by Crippen LogP contribution is 2.28. The number of hydrogen-bond donors (Lipinski definition) is 2. The summed E-state index contributed by atoms with van der Waals surface area (Å²) in [4.78, 5) is 38.1. The summed E-state index contributed by atoms with van der Waals surface area (Å²) in [5.74, 6) is -2.91. The number of ether oxygens (including phenoxy) is 1. The maximum Gasteiger partial charge on any atom is 0.307 e. The maximum absolute atomic E-state index is 12.5. The molecule has 1 aromatic rings. The molecule has 2 amide bonds. The number of aliphatic carboxylic acids is 1. The van der Waals surface area contributed by atoms with Crippen molar-refractivity contribution in [2.75, 3.05) is 31.6 Å². The van der Waals surface area contributed by atoms with Crippen LogP contribution in [0.25, 0.3) is 0 Å². The second-order valence-corrected chi connectivity index (χ2v) is 6.99. The van der Waals surface area contributed by atoms with Gasteiger partial charge in [0.05, 0.1) is 35.6 Å². The lowest BCUT2D eigenvalue weighted by Gasteiger charge is -2.27. The van der Waals surface area contributed by atoms with Crippen molar-refractivity contribution in [2.45, 2.75) is 12.8 Å². The Bertz CT molecular complexity index is 773. The van der Waals surface area contributed by atoms with Crippen LogP contribution >= 0.6 is 11.6 Å². The molecule has 0 radical (unpaired) electrons. The molecule has 1 aliphatic carbocycles. The van der Waals surface area contributed by atoms with E-state index in [0.717, 1.165) is 0 Å². The number of carbonyl (C=O) groups is 3. The third kappa shape index (κ3) is 4.48. The number of benzene rings is 1. The Balaban J connectivity index is 1.70. The molecule has 8 heteroatoms. The number of hydrogen-bond acceptors (Lipinski definition) is 4. The molecule has 1 aromatic carbocycles. The normalized spacial score (nSPS) is 22.3. The van der Waals surface area contributed by atoms with Crippen molar-refractivity contribution in [3.63, 3.8) is 0 Å². The molecule has 1 heterocycles. The first kappa shape index (κ1) is 19.4. The van der Waals surface area contributed by atoms with E-state index < -0.39 is 17.8 Å². The zero-order valence-corrected chi connectivity index (χ0v) is 15.4. The minimum absolute atomic E-state index is 0.176. The van der Waals surface area contributed by atoms with Gasteiger partial charge in [-0.2, -0.15) is 0 Å². The summed E-state index contributed by atoms with van der Waals surface area (Å²) in [5, 5.41) is 12.3. The number of morpholine rings is 1. The van der Waals surface area contributed by atoms with Gasteiger partial charge in [-0.15, -0.1) is 0 Å². The fraction of sp³-hybridized carbons (Fsp3) is 0.421. The van der Waals surface area contributed by atoms with E-state index >= 15 is 0 Å². The van der Waals surface area contributed by atoms with E-state index in [1.165, 1.54) is 6.07 Å².